The first-order valence-corrected chi connectivity index (χ1v) is 7.28. The molecule has 0 bridgehead atoms. The topological polar surface area (TPSA) is 24.5 Å². The number of hydrogen-bond acceptors (Lipinski definition) is 3. The summed E-state index contributed by atoms with van der Waals surface area (Å²) in [5, 5.41) is 3.48. The molecule has 1 aromatic rings. The second-order valence-electron chi connectivity index (χ2n) is 5.90. The van der Waals surface area contributed by atoms with Crippen molar-refractivity contribution in [1.29, 1.82) is 0 Å². The summed E-state index contributed by atoms with van der Waals surface area (Å²) in [5.74, 6) is 0.00398. The lowest BCUT2D eigenvalue weighted by atomic mass is 9.96. The molecule has 0 unspecified atom stereocenters. The average molecular weight is 280 g/mol. The van der Waals surface area contributed by atoms with E-state index >= 15 is 0 Å². The van der Waals surface area contributed by atoms with Crippen molar-refractivity contribution in [2.75, 3.05) is 27.7 Å². The van der Waals surface area contributed by atoms with Gasteiger partial charge in [-0.1, -0.05) is 18.9 Å². The highest BCUT2D eigenvalue weighted by atomic mass is 19.1. The third kappa shape index (κ3) is 3.30. The maximum absolute atomic E-state index is 13.6. The summed E-state index contributed by atoms with van der Waals surface area (Å²) in [6, 6.07) is 5.14. The SMILES string of the molecule is COc1ccc(CNCC2(N(C)C)CCCC2)cc1F. The van der Waals surface area contributed by atoms with Crippen molar-refractivity contribution in [3.63, 3.8) is 0 Å². The van der Waals surface area contributed by atoms with Crippen LogP contribution in [-0.2, 0) is 6.54 Å². The molecule has 112 valence electrons. The highest BCUT2D eigenvalue weighted by Crippen LogP contribution is 2.33. The zero-order valence-corrected chi connectivity index (χ0v) is 12.7. The minimum Gasteiger partial charge on any atom is -0.494 e. The third-order valence-corrected chi connectivity index (χ3v) is 4.48. The van der Waals surface area contributed by atoms with E-state index in [2.05, 4.69) is 24.3 Å². The lowest BCUT2D eigenvalue weighted by molar-refractivity contribution is 0.153. The summed E-state index contributed by atoms with van der Waals surface area (Å²) >= 11 is 0. The van der Waals surface area contributed by atoms with Gasteiger partial charge in [0.1, 0.15) is 0 Å². The number of ether oxygens (including phenoxy) is 1. The second-order valence-corrected chi connectivity index (χ2v) is 5.90. The first-order chi connectivity index (χ1) is 9.57. The fourth-order valence-corrected chi connectivity index (χ4v) is 3.07. The van der Waals surface area contributed by atoms with Gasteiger partial charge in [0.15, 0.2) is 11.6 Å². The van der Waals surface area contributed by atoms with Crippen molar-refractivity contribution < 1.29 is 9.13 Å². The molecule has 4 heteroatoms. The highest BCUT2D eigenvalue weighted by molar-refractivity contribution is 5.29. The molecule has 1 N–H and O–H groups in total. The highest BCUT2D eigenvalue weighted by Gasteiger charge is 2.35. The van der Waals surface area contributed by atoms with Gasteiger partial charge in [0.2, 0.25) is 0 Å². The van der Waals surface area contributed by atoms with Crippen LogP contribution in [0.4, 0.5) is 4.39 Å². The molecule has 1 aliphatic rings. The molecule has 1 aliphatic carbocycles. The van der Waals surface area contributed by atoms with Gasteiger partial charge >= 0.3 is 0 Å². The summed E-state index contributed by atoms with van der Waals surface area (Å²) in [4.78, 5) is 2.33. The van der Waals surface area contributed by atoms with Crippen LogP contribution < -0.4 is 10.1 Å². The number of benzene rings is 1. The number of rotatable bonds is 6. The van der Waals surface area contributed by atoms with Crippen molar-refractivity contribution in [3.8, 4) is 5.75 Å². The van der Waals surface area contributed by atoms with Gasteiger partial charge in [0.05, 0.1) is 7.11 Å². The van der Waals surface area contributed by atoms with Crippen LogP contribution in [0, 0.1) is 5.82 Å². The van der Waals surface area contributed by atoms with E-state index in [-0.39, 0.29) is 11.4 Å². The van der Waals surface area contributed by atoms with Crippen LogP contribution in [0.3, 0.4) is 0 Å². The Morgan fingerprint density at radius 3 is 2.55 bits per heavy atom. The summed E-state index contributed by atoms with van der Waals surface area (Å²) in [5.41, 5.74) is 1.22. The van der Waals surface area contributed by atoms with Gasteiger partial charge in [-0.15, -0.1) is 0 Å². The second kappa shape index (κ2) is 6.55. The third-order valence-electron chi connectivity index (χ3n) is 4.48. The van der Waals surface area contributed by atoms with E-state index in [0.29, 0.717) is 12.3 Å². The van der Waals surface area contributed by atoms with E-state index in [0.717, 1.165) is 12.1 Å². The first-order valence-electron chi connectivity index (χ1n) is 7.28. The summed E-state index contributed by atoms with van der Waals surface area (Å²) in [6.45, 7) is 1.64. The number of hydrogen-bond donors (Lipinski definition) is 1. The Bertz CT molecular complexity index is 442. The Labute approximate surface area is 121 Å². The molecule has 0 aliphatic heterocycles. The predicted molar refractivity (Wildman–Crippen MR) is 79.5 cm³/mol. The molecule has 0 radical (unpaired) electrons. The van der Waals surface area contributed by atoms with Crippen LogP contribution >= 0.6 is 0 Å². The van der Waals surface area contributed by atoms with Gasteiger partial charge in [-0.25, -0.2) is 4.39 Å². The van der Waals surface area contributed by atoms with E-state index in [1.165, 1.54) is 32.8 Å². The molecule has 1 saturated carbocycles. The van der Waals surface area contributed by atoms with Crippen LogP contribution in [-0.4, -0.2) is 38.2 Å². The van der Waals surface area contributed by atoms with Gasteiger partial charge in [-0.3, -0.25) is 0 Å². The summed E-state index contributed by atoms with van der Waals surface area (Å²) in [7, 11) is 5.79. The van der Waals surface area contributed by atoms with Crippen molar-refractivity contribution in [3.05, 3.63) is 29.6 Å². The van der Waals surface area contributed by atoms with Crippen LogP contribution in [0.2, 0.25) is 0 Å². The van der Waals surface area contributed by atoms with Crippen molar-refractivity contribution >= 4 is 0 Å². The van der Waals surface area contributed by atoms with E-state index < -0.39 is 0 Å². The maximum Gasteiger partial charge on any atom is 0.165 e. The quantitative estimate of drug-likeness (QED) is 0.867. The smallest absolute Gasteiger partial charge is 0.165 e. The van der Waals surface area contributed by atoms with Crippen LogP contribution in [0.1, 0.15) is 31.2 Å². The van der Waals surface area contributed by atoms with E-state index in [1.54, 1.807) is 12.1 Å². The Hall–Kier alpha value is -1.13. The normalized spacial score (nSPS) is 17.6. The van der Waals surface area contributed by atoms with Crippen molar-refractivity contribution in [2.24, 2.45) is 0 Å². The Balaban J connectivity index is 1.90. The molecule has 0 saturated heterocycles. The Morgan fingerprint density at radius 2 is 2.00 bits per heavy atom. The number of nitrogens with zero attached hydrogens (tertiary/aromatic N) is 1. The fraction of sp³-hybridized carbons (Fsp3) is 0.625. The molecule has 3 nitrogen and oxygen atoms in total. The van der Waals surface area contributed by atoms with Crippen LogP contribution in [0.25, 0.3) is 0 Å². The molecule has 0 aromatic heterocycles. The molecular formula is C16H25FN2O. The van der Waals surface area contributed by atoms with E-state index in [9.17, 15) is 4.39 Å². The molecule has 20 heavy (non-hydrogen) atoms. The lowest BCUT2D eigenvalue weighted by Crippen LogP contribution is -2.49. The van der Waals surface area contributed by atoms with Crippen LogP contribution in [0.15, 0.2) is 18.2 Å². The van der Waals surface area contributed by atoms with Gasteiger partial charge in [-0.2, -0.15) is 0 Å². The lowest BCUT2D eigenvalue weighted by Gasteiger charge is -2.36. The summed E-state index contributed by atoms with van der Waals surface area (Å²) in [6.07, 6.45) is 5.09. The molecule has 0 heterocycles. The monoisotopic (exact) mass is 280 g/mol. The van der Waals surface area contributed by atoms with Gasteiger partial charge in [0.25, 0.3) is 0 Å². The van der Waals surface area contributed by atoms with Gasteiger partial charge in [0, 0.05) is 18.6 Å². The molecule has 0 spiro atoms. The fourth-order valence-electron chi connectivity index (χ4n) is 3.07. The van der Waals surface area contributed by atoms with Gasteiger partial charge in [-0.05, 0) is 44.6 Å². The zero-order chi connectivity index (χ0) is 14.6. The van der Waals surface area contributed by atoms with Crippen LogP contribution in [0.5, 0.6) is 5.75 Å². The number of nitrogens with one attached hydrogen (secondary N) is 1. The number of halogens is 1. The standard InChI is InChI=1S/C16H25FN2O/c1-19(2)16(8-4-5-9-16)12-18-11-13-6-7-15(20-3)14(17)10-13/h6-7,10,18H,4-5,8-9,11-12H2,1-3H3. The molecule has 1 aromatic carbocycles. The maximum atomic E-state index is 13.6. The minimum absolute atomic E-state index is 0.269. The number of likely N-dealkylation sites (N-methyl/N-ethyl adjacent to an activating group) is 1. The van der Waals surface area contributed by atoms with Gasteiger partial charge < -0.3 is 15.0 Å². The molecule has 0 amide bonds. The summed E-state index contributed by atoms with van der Waals surface area (Å²) < 4.78 is 18.6. The van der Waals surface area contributed by atoms with E-state index in [4.69, 9.17) is 4.74 Å². The molecular weight excluding hydrogens is 255 g/mol. The number of methoxy groups -OCH3 is 1. The largest absolute Gasteiger partial charge is 0.494 e. The van der Waals surface area contributed by atoms with E-state index in [1.807, 2.05) is 6.07 Å². The first kappa shape index (κ1) is 15.3. The van der Waals surface area contributed by atoms with Crippen molar-refractivity contribution in [2.45, 2.75) is 37.8 Å². The molecule has 2 rings (SSSR count). The molecule has 1 fully saturated rings. The average Bonchev–Trinajstić information content (AvgIpc) is 2.89. The molecule has 0 atom stereocenters. The minimum atomic E-state index is -0.296. The Kier molecular flexibility index (Phi) is 5.00. The van der Waals surface area contributed by atoms with Crippen molar-refractivity contribution in [1.82, 2.24) is 10.2 Å². The Morgan fingerprint density at radius 1 is 1.30 bits per heavy atom. The predicted octanol–water partition coefficient (Wildman–Crippen LogP) is 2.80. The zero-order valence-electron chi connectivity index (χ0n) is 12.7.